The van der Waals surface area contributed by atoms with Crippen LogP contribution in [0.4, 0.5) is 0 Å². The summed E-state index contributed by atoms with van der Waals surface area (Å²) >= 11 is 1.91. The number of fused-ring (bicyclic) bond motifs is 3. The van der Waals surface area contributed by atoms with Crippen molar-refractivity contribution >= 4 is 48.9 Å². The minimum Gasteiger partial charge on any atom is -0.512 e. The first-order valence-corrected chi connectivity index (χ1v) is 20.6. The molecule has 3 aromatic carbocycles. The van der Waals surface area contributed by atoms with E-state index in [0.717, 1.165) is 71.0 Å². The van der Waals surface area contributed by atoms with Crippen molar-refractivity contribution in [2.75, 3.05) is 0 Å². The Kier molecular flexibility index (Phi) is 14.2. The number of nitrogens with zero attached hydrogens (tertiary/aromatic N) is 1. The van der Waals surface area contributed by atoms with Crippen molar-refractivity contribution in [3.05, 3.63) is 101 Å². The Morgan fingerprint density at radius 1 is 0.891 bits per heavy atom. The van der Waals surface area contributed by atoms with Crippen LogP contribution in [0.1, 0.15) is 118 Å². The van der Waals surface area contributed by atoms with E-state index in [9.17, 15) is 9.90 Å². The summed E-state index contributed by atoms with van der Waals surface area (Å²) in [6.07, 6.45) is 7.74. The maximum atomic E-state index is 12.2. The van der Waals surface area contributed by atoms with E-state index in [1.54, 1.807) is 0 Å². The van der Waals surface area contributed by atoms with Gasteiger partial charge in [-0.2, -0.15) is 0 Å². The third-order valence-corrected chi connectivity index (χ3v) is 13.2. The molecule has 0 atom stereocenters. The molecule has 4 nitrogen and oxygen atoms in total. The van der Waals surface area contributed by atoms with E-state index in [4.69, 9.17) is 9.40 Å². The molecule has 0 spiro atoms. The predicted octanol–water partition coefficient (Wildman–Crippen LogP) is 14.8. The van der Waals surface area contributed by atoms with Crippen LogP contribution in [0.15, 0.2) is 83.1 Å². The number of thiophene rings is 1. The van der Waals surface area contributed by atoms with Gasteiger partial charge in [-0.05, 0) is 79.5 Å². The number of rotatable bonds is 11. The van der Waals surface area contributed by atoms with E-state index in [2.05, 4.69) is 102 Å². The van der Waals surface area contributed by atoms with Crippen molar-refractivity contribution in [2.45, 2.75) is 121 Å². The van der Waals surface area contributed by atoms with Crippen LogP contribution in [-0.2, 0) is 36.7 Å². The van der Waals surface area contributed by atoms with Crippen LogP contribution in [0.5, 0.6) is 0 Å². The predicted molar refractivity (Wildman–Crippen MR) is 232 cm³/mol. The van der Waals surface area contributed by atoms with Gasteiger partial charge in [-0.1, -0.05) is 117 Å². The largest absolute Gasteiger partial charge is 0.512 e. The van der Waals surface area contributed by atoms with Gasteiger partial charge in [-0.3, -0.25) is 9.78 Å². The Hall–Kier alpha value is -3.57. The van der Waals surface area contributed by atoms with Gasteiger partial charge in [0.2, 0.25) is 0 Å². The van der Waals surface area contributed by atoms with Gasteiger partial charge in [0.05, 0.1) is 0 Å². The number of pyridine rings is 1. The molecule has 1 N–H and O–H groups in total. The van der Waals surface area contributed by atoms with Gasteiger partial charge in [-0.15, -0.1) is 40.5 Å². The normalized spacial score (nSPS) is 12.6. The van der Waals surface area contributed by atoms with Crippen LogP contribution < -0.4 is 0 Å². The third-order valence-electron chi connectivity index (χ3n) is 11.8. The van der Waals surface area contributed by atoms with Gasteiger partial charge in [0.25, 0.3) is 0 Å². The second kappa shape index (κ2) is 17.7. The molecular weight excluding hydrogens is 875 g/mol. The molecule has 6 rings (SSSR count). The molecule has 295 valence electrons. The van der Waals surface area contributed by atoms with Gasteiger partial charge < -0.3 is 9.52 Å². The van der Waals surface area contributed by atoms with E-state index in [-0.39, 0.29) is 47.9 Å². The third kappa shape index (κ3) is 9.19. The number of aliphatic hydroxyl groups excluding tert-OH is 1. The van der Waals surface area contributed by atoms with Crippen LogP contribution in [0.2, 0.25) is 0 Å². The van der Waals surface area contributed by atoms with Crippen LogP contribution in [0, 0.1) is 29.7 Å². The zero-order valence-electron chi connectivity index (χ0n) is 35.0. The Morgan fingerprint density at radius 2 is 1.53 bits per heavy atom. The number of benzene rings is 3. The van der Waals surface area contributed by atoms with Crippen molar-refractivity contribution in [2.24, 2.45) is 16.7 Å². The number of carbonyl (C=O) groups is 1. The molecule has 0 saturated heterocycles. The van der Waals surface area contributed by atoms with Gasteiger partial charge in [0.1, 0.15) is 17.1 Å². The number of aromatic nitrogens is 1. The van der Waals surface area contributed by atoms with E-state index in [1.165, 1.54) is 37.6 Å². The minimum absolute atomic E-state index is 0. The maximum Gasteiger partial charge on any atom is 0.164 e. The number of carbonyl (C=O) groups excluding carboxylic acids is 1. The first kappa shape index (κ1) is 44.1. The van der Waals surface area contributed by atoms with Gasteiger partial charge in [0, 0.05) is 69.4 Å². The summed E-state index contributed by atoms with van der Waals surface area (Å²) in [5, 5.41) is 14.9. The van der Waals surface area contributed by atoms with Crippen LogP contribution >= 0.6 is 11.3 Å². The van der Waals surface area contributed by atoms with Crippen molar-refractivity contribution in [3.63, 3.8) is 0 Å². The molecule has 6 aromatic rings. The molecule has 0 amide bonds. The van der Waals surface area contributed by atoms with Crippen LogP contribution in [-0.4, -0.2) is 15.9 Å². The average Bonchev–Trinajstić information content (AvgIpc) is 3.73. The Bertz CT molecular complexity index is 2290. The summed E-state index contributed by atoms with van der Waals surface area (Å²) in [5.74, 6) is 1.81. The summed E-state index contributed by atoms with van der Waals surface area (Å²) in [5.41, 5.74) is 5.86. The molecule has 6 heteroatoms. The van der Waals surface area contributed by atoms with Gasteiger partial charge in [-0.25, -0.2) is 0 Å². The SMILES string of the molecule is CCC(C)(CC)C(=O)/C=C(\O)C(C)(CC)CC.Cc1c(CC(C)C)sc2c(-c3cc4ccnc(-c5[c-]c6ccccc6c(C(C)(C)C)c5)c4o3)cccc12.[Ir]. The van der Waals surface area contributed by atoms with Crippen molar-refractivity contribution in [3.8, 4) is 22.6 Å². The second-order valence-electron chi connectivity index (χ2n) is 16.9. The summed E-state index contributed by atoms with van der Waals surface area (Å²) in [6, 6.07) is 25.2. The molecule has 1 radical (unpaired) electrons. The van der Waals surface area contributed by atoms with Crippen molar-refractivity contribution in [1.29, 1.82) is 0 Å². The summed E-state index contributed by atoms with van der Waals surface area (Å²) in [7, 11) is 0. The molecule has 0 saturated carbocycles. The summed E-state index contributed by atoms with van der Waals surface area (Å²) in [6.45, 7) is 25.7. The van der Waals surface area contributed by atoms with Crippen molar-refractivity contribution < 1.29 is 34.4 Å². The fourth-order valence-electron chi connectivity index (χ4n) is 7.00. The summed E-state index contributed by atoms with van der Waals surface area (Å²) < 4.78 is 7.94. The topological polar surface area (TPSA) is 63.3 Å². The molecule has 0 fully saturated rings. The first-order chi connectivity index (χ1) is 25.5. The maximum absolute atomic E-state index is 12.2. The zero-order valence-corrected chi connectivity index (χ0v) is 38.2. The second-order valence-corrected chi connectivity index (χ2v) is 18.0. The molecule has 0 aliphatic rings. The molecule has 0 unspecified atom stereocenters. The molecule has 0 aliphatic heterocycles. The van der Waals surface area contributed by atoms with E-state index >= 15 is 0 Å². The number of hydrogen-bond acceptors (Lipinski definition) is 5. The standard InChI is InChI=1S/C34H32NOS.C15H28O2.Ir/c1-20(2)16-30-21(3)25-12-9-13-27(33(25)37-30)29-19-23-14-15-35-31(32(23)36-29)24-17-22-10-7-8-11-26(22)28(18-24)34(4,5)6;1-7-14(5,8-2)12(16)11-13(17)15(6,9-3)10-4;/h7-15,18-20H,16H2,1-6H3;11,16H,7-10H2,1-6H3;/q-1;;/b;12-11-;. The van der Waals surface area contributed by atoms with E-state index in [0.29, 0.717) is 5.92 Å². The number of aliphatic hydroxyl groups is 1. The number of allylic oxidation sites excluding steroid dienone is 2. The van der Waals surface area contributed by atoms with Crippen molar-refractivity contribution in [1.82, 2.24) is 4.98 Å². The van der Waals surface area contributed by atoms with Gasteiger partial charge >= 0.3 is 0 Å². The molecular formula is C49H60IrNO3S-. The first-order valence-electron chi connectivity index (χ1n) is 19.8. The smallest absolute Gasteiger partial charge is 0.164 e. The fourth-order valence-corrected chi connectivity index (χ4v) is 8.54. The average molecular weight is 935 g/mol. The van der Waals surface area contributed by atoms with E-state index < -0.39 is 0 Å². The Labute approximate surface area is 347 Å². The minimum atomic E-state index is -0.337. The zero-order chi connectivity index (χ0) is 39.6. The summed E-state index contributed by atoms with van der Waals surface area (Å²) in [4.78, 5) is 18.5. The van der Waals surface area contributed by atoms with Crippen LogP contribution in [0.25, 0.3) is 54.4 Å². The molecule has 0 aliphatic carbocycles. The molecule has 55 heavy (non-hydrogen) atoms. The Balaban J connectivity index is 0.000000320. The number of aryl methyl sites for hydroxylation is 1. The van der Waals surface area contributed by atoms with Gasteiger partial charge in [0.15, 0.2) is 5.78 Å². The molecule has 3 heterocycles. The fraction of sp³-hybridized carbons (Fsp3) is 0.429. The number of hydrogen-bond donors (Lipinski definition) is 1. The number of ketones is 1. The number of furan rings is 1. The monoisotopic (exact) mass is 935 g/mol. The van der Waals surface area contributed by atoms with Crippen LogP contribution in [0.3, 0.4) is 0 Å². The molecule has 0 bridgehead atoms. The van der Waals surface area contributed by atoms with E-state index in [1.807, 2.05) is 65.1 Å². The quantitative estimate of drug-likeness (QED) is 0.0799. The molecule has 3 aromatic heterocycles. The Morgan fingerprint density at radius 3 is 2.15 bits per heavy atom.